The number of esters is 1. The molecule has 1 aromatic rings. The van der Waals surface area contributed by atoms with Gasteiger partial charge >= 0.3 is 5.97 Å². The lowest BCUT2D eigenvalue weighted by Gasteiger charge is -2.25. The number of ether oxygens (including phenoxy) is 1. The summed E-state index contributed by atoms with van der Waals surface area (Å²) in [6, 6.07) is 0. The minimum Gasteiger partial charge on any atom is -0.462 e. The molecule has 1 aliphatic heterocycles. The number of hydrogen-bond acceptors (Lipinski definition) is 5. The predicted octanol–water partition coefficient (Wildman–Crippen LogP) is 2.52. The van der Waals surface area contributed by atoms with Gasteiger partial charge in [0.15, 0.2) is 0 Å². The highest BCUT2D eigenvalue weighted by Gasteiger charge is 2.20. The molecule has 7 nitrogen and oxygen atoms in total. The van der Waals surface area contributed by atoms with Crippen molar-refractivity contribution in [2.75, 3.05) is 26.2 Å². The van der Waals surface area contributed by atoms with E-state index in [4.69, 9.17) is 4.74 Å². The maximum Gasteiger partial charge on any atom is 0.340 e. The Labute approximate surface area is 155 Å². The highest BCUT2D eigenvalue weighted by atomic mass is 16.5. The van der Waals surface area contributed by atoms with Crippen LogP contribution in [0, 0.1) is 13.8 Å². The first-order valence-corrected chi connectivity index (χ1v) is 9.36. The van der Waals surface area contributed by atoms with Crippen molar-refractivity contribution in [2.24, 2.45) is 5.10 Å². The van der Waals surface area contributed by atoms with Crippen LogP contribution in [0.5, 0.6) is 0 Å². The van der Waals surface area contributed by atoms with E-state index in [2.05, 4.69) is 20.4 Å². The Balaban J connectivity index is 1.95. The van der Waals surface area contributed by atoms with Crippen molar-refractivity contribution in [2.45, 2.75) is 53.4 Å². The molecular formula is C19H30N4O3. The Morgan fingerprint density at radius 2 is 1.92 bits per heavy atom. The minimum atomic E-state index is -0.344. The van der Waals surface area contributed by atoms with E-state index in [1.165, 1.54) is 19.3 Å². The number of aryl methyl sites for hydroxylation is 1. The maximum atomic E-state index is 12.1. The number of nitrogens with zero attached hydrogens (tertiary/aromatic N) is 2. The molecule has 1 amide bonds. The minimum absolute atomic E-state index is 0.0959. The lowest BCUT2D eigenvalue weighted by molar-refractivity contribution is -0.121. The monoisotopic (exact) mass is 362 g/mol. The third kappa shape index (κ3) is 5.17. The Hall–Kier alpha value is -2.15. The molecule has 0 bridgehead atoms. The van der Waals surface area contributed by atoms with Crippen LogP contribution in [-0.4, -0.2) is 53.7 Å². The lowest BCUT2D eigenvalue weighted by Crippen LogP contribution is -2.33. The van der Waals surface area contributed by atoms with Gasteiger partial charge in [-0.15, -0.1) is 0 Å². The molecule has 0 aliphatic carbocycles. The average molecular weight is 362 g/mol. The van der Waals surface area contributed by atoms with Crippen LogP contribution in [0.2, 0.25) is 0 Å². The maximum absolute atomic E-state index is 12.1. The molecule has 0 atom stereocenters. The number of carbonyl (C=O) groups excluding carboxylic acids is 2. The Kier molecular flexibility index (Phi) is 7.38. The molecule has 1 aromatic heterocycles. The van der Waals surface area contributed by atoms with Gasteiger partial charge in [-0.05, 0) is 59.2 Å². The molecule has 144 valence electrons. The first kappa shape index (κ1) is 20.2. The van der Waals surface area contributed by atoms with Crippen molar-refractivity contribution in [1.29, 1.82) is 0 Å². The number of hydrogen-bond donors (Lipinski definition) is 2. The number of aromatic amines is 1. The summed E-state index contributed by atoms with van der Waals surface area (Å²) in [6.07, 6.45) is 4.16. The Morgan fingerprint density at radius 1 is 1.23 bits per heavy atom. The highest BCUT2D eigenvalue weighted by Crippen LogP contribution is 2.19. The number of piperidine rings is 1. The fraction of sp³-hybridized carbons (Fsp3) is 0.632. The van der Waals surface area contributed by atoms with Gasteiger partial charge in [0.2, 0.25) is 5.91 Å². The molecule has 2 rings (SSSR count). The third-order valence-corrected chi connectivity index (χ3v) is 4.73. The third-order valence-electron chi connectivity index (χ3n) is 4.73. The van der Waals surface area contributed by atoms with E-state index in [-0.39, 0.29) is 11.9 Å². The van der Waals surface area contributed by atoms with Crippen molar-refractivity contribution >= 4 is 17.6 Å². The number of likely N-dealkylation sites (tertiary alicyclic amines) is 1. The summed E-state index contributed by atoms with van der Waals surface area (Å²) in [6.45, 7) is 10.5. The van der Waals surface area contributed by atoms with Crippen molar-refractivity contribution in [3.05, 3.63) is 22.5 Å². The van der Waals surface area contributed by atoms with Crippen LogP contribution in [-0.2, 0) is 9.53 Å². The van der Waals surface area contributed by atoms with Crippen LogP contribution in [0.1, 0.15) is 66.8 Å². The molecule has 26 heavy (non-hydrogen) atoms. The summed E-state index contributed by atoms with van der Waals surface area (Å²) in [7, 11) is 0. The zero-order valence-electron chi connectivity index (χ0n) is 16.3. The molecule has 0 saturated carbocycles. The molecule has 2 heterocycles. The number of carbonyl (C=O) groups is 2. The van der Waals surface area contributed by atoms with E-state index in [0.29, 0.717) is 24.3 Å². The van der Waals surface area contributed by atoms with Gasteiger partial charge in [-0.25, -0.2) is 10.2 Å². The molecule has 0 radical (unpaired) electrons. The van der Waals surface area contributed by atoms with E-state index in [1.807, 2.05) is 13.8 Å². The number of hydrazone groups is 1. The molecule has 1 fully saturated rings. The summed E-state index contributed by atoms with van der Waals surface area (Å²) >= 11 is 0. The van der Waals surface area contributed by atoms with Crippen molar-refractivity contribution < 1.29 is 14.3 Å². The van der Waals surface area contributed by atoms with Crippen LogP contribution in [0.4, 0.5) is 0 Å². The van der Waals surface area contributed by atoms with Gasteiger partial charge < -0.3 is 14.6 Å². The standard InChI is InChI=1S/C19H30N4O3/c1-5-26-19(25)17-13(2)18(20-14(17)3)15(4)21-22-16(24)9-12-23-10-7-6-8-11-23/h20H,5-12H2,1-4H3,(H,22,24)/b21-15+. The summed E-state index contributed by atoms with van der Waals surface area (Å²) in [5, 5.41) is 4.19. The normalized spacial score (nSPS) is 15.8. The molecule has 0 spiro atoms. The fourth-order valence-electron chi connectivity index (χ4n) is 3.32. The van der Waals surface area contributed by atoms with E-state index in [0.717, 1.165) is 36.6 Å². The Morgan fingerprint density at radius 3 is 2.58 bits per heavy atom. The average Bonchev–Trinajstić information content (AvgIpc) is 2.93. The molecular weight excluding hydrogens is 332 g/mol. The number of H-pyrrole nitrogens is 1. The predicted molar refractivity (Wildman–Crippen MR) is 101 cm³/mol. The summed E-state index contributed by atoms with van der Waals surface area (Å²) in [5.41, 5.74) is 6.04. The molecule has 7 heteroatoms. The summed E-state index contributed by atoms with van der Waals surface area (Å²) in [4.78, 5) is 29.6. The van der Waals surface area contributed by atoms with Gasteiger partial charge in [-0.2, -0.15) is 5.10 Å². The summed E-state index contributed by atoms with van der Waals surface area (Å²) in [5.74, 6) is -0.440. The van der Waals surface area contributed by atoms with Gasteiger partial charge in [-0.3, -0.25) is 4.79 Å². The van der Waals surface area contributed by atoms with Gasteiger partial charge in [0.1, 0.15) is 0 Å². The molecule has 0 aromatic carbocycles. The zero-order valence-corrected chi connectivity index (χ0v) is 16.3. The molecule has 1 aliphatic rings. The van der Waals surface area contributed by atoms with E-state index in [9.17, 15) is 9.59 Å². The second-order valence-electron chi connectivity index (χ2n) is 6.73. The fourth-order valence-corrected chi connectivity index (χ4v) is 3.32. The van der Waals surface area contributed by atoms with E-state index < -0.39 is 0 Å². The van der Waals surface area contributed by atoms with Gasteiger partial charge in [-0.1, -0.05) is 6.42 Å². The van der Waals surface area contributed by atoms with Gasteiger partial charge in [0, 0.05) is 18.7 Å². The topological polar surface area (TPSA) is 86.8 Å². The number of nitrogens with one attached hydrogen (secondary N) is 2. The SMILES string of the molecule is CCOC(=O)c1c(C)[nH]c(/C(C)=N/NC(=O)CCN2CCCCC2)c1C. The molecule has 1 saturated heterocycles. The largest absolute Gasteiger partial charge is 0.462 e. The van der Waals surface area contributed by atoms with Crippen molar-refractivity contribution in [1.82, 2.24) is 15.3 Å². The Bertz CT molecular complexity index is 673. The van der Waals surface area contributed by atoms with E-state index in [1.54, 1.807) is 13.8 Å². The van der Waals surface area contributed by atoms with Crippen LogP contribution in [0.25, 0.3) is 0 Å². The van der Waals surface area contributed by atoms with Crippen LogP contribution in [0.15, 0.2) is 5.10 Å². The smallest absolute Gasteiger partial charge is 0.340 e. The van der Waals surface area contributed by atoms with Gasteiger partial charge in [0.05, 0.1) is 23.6 Å². The lowest BCUT2D eigenvalue weighted by atomic mass is 10.1. The van der Waals surface area contributed by atoms with E-state index >= 15 is 0 Å². The number of rotatable bonds is 7. The zero-order chi connectivity index (χ0) is 19.1. The quantitative estimate of drug-likeness (QED) is 0.443. The van der Waals surface area contributed by atoms with Crippen molar-refractivity contribution in [3.8, 4) is 0 Å². The first-order valence-electron chi connectivity index (χ1n) is 9.36. The summed E-state index contributed by atoms with van der Waals surface area (Å²) < 4.78 is 5.10. The molecule has 0 unspecified atom stereocenters. The van der Waals surface area contributed by atoms with Crippen LogP contribution < -0.4 is 5.43 Å². The van der Waals surface area contributed by atoms with Crippen LogP contribution >= 0.6 is 0 Å². The van der Waals surface area contributed by atoms with Crippen LogP contribution in [0.3, 0.4) is 0 Å². The first-order chi connectivity index (χ1) is 12.4. The van der Waals surface area contributed by atoms with Gasteiger partial charge in [0.25, 0.3) is 0 Å². The number of aromatic nitrogens is 1. The molecule has 2 N–H and O–H groups in total. The highest BCUT2D eigenvalue weighted by molar-refractivity contribution is 6.03. The second-order valence-corrected chi connectivity index (χ2v) is 6.73. The van der Waals surface area contributed by atoms with Crippen molar-refractivity contribution in [3.63, 3.8) is 0 Å². The second kappa shape index (κ2) is 9.52. The number of amides is 1.